The molecule has 5 nitrogen and oxygen atoms in total. The van der Waals surface area contributed by atoms with Crippen LogP contribution in [0.5, 0.6) is 5.75 Å². The molecular weight excluding hydrogens is 361 g/mol. The van der Waals surface area contributed by atoms with Crippen LogP contribution in [0.15, 0.2) is 48.5 Å². The minimum atomic E-state index is -4.36. The lowest BCUT2D eigenvalue weighted by Crippen LogP contribution is -2.29. The van der Waals surface area contributed by atoms with Gasteiger partial charge in [-0.25, -0.2) is 0 Å². The zero-order valence-electron chi connectivity index (χ0n) is 14.2. The molecule has 2 amide bonds. The first-order chi connectivity index (χ1) is 12.8. The van der Waals surface area contributed by atoms with E-state index in [1.165, 1.54) is 12.1 Å². The number of halogens is 3. The lowest BCUT2D eigenvalue weighted by molar-refractivity contribution is -0.137. The maximum atomic E-state index is 12.5. The molecule has 1 atom stereocenters. The molecule has 0 bridgehead atoms. The van der Waals surface area contributed by atoms with Crippen molar-refractivity contribution < 1.29 is 27.5 Å². The number of hydrogen-bond donors (Lipinski definition) is 2. The summed E-state index contributed by atoms with van der Waals surface area (Å²) in [6, 6.07) is 11.3. The van der Waals surface area contributed by atoms with Crippen LogP contribution in [0.1, 0.15) is 17.5 Å². The molecule has 27 heavy (non-hydrogen) atoms. The molecule has 0 saturated carbocycles. The van der Waals surface area contributed by atoms with E-state index in [1.54, 1.807) is 24.3 Å². The van der Waals surface area contributed by atoms with Crippen LogP contribution < -0.4 is 15.4 Å². The summed E-state index contributed by atoms with van der Waals surface area (Å²) in [6.45, 7) is 0.611. The van der Waals surface area contributed by atoms with Gasteiger partial charge in [0.25, 0.3) is 0 Å². The van der Waals surface area contributed by atoms with E-state index in [1.807, 2.05) is 0 Å². The molecule has 2 aromatic carbocycles. The zero-order valence-corrected chi connectivity index (χ0v) is 14.2. The Bertz CT molecular complexity index is 818. The largest absolute Gasteiger partial charge is 0.489 e. The third-order valence-corrected chi connectivity index (χ3v) is 4.17. The fraction of sp³-hybridized carbons (Fsp3) is 0.263. The van der Waals surface area contributed by atoms with Crippen molar-refractivity contribution in [2.24, 2.45) is 5.92 Å². The van der Waals surface area contributed by atoms with E-state index in [0.717, 1.165) is 12.1 Å². The van der Waals surface area contributed by atoms with Crippen LogP contribution in [-0.4, -0.2) is 18.4 Å². The number of ether oxygens (including phenoxy) is 1. The Morgan fingerprint density at radius 2 is 1.78 bits per heavy atom. The lowest BCUT2D eigenvalue weighted by atomic mass is 10.1. The van der Waals surface area contributed by atoms with Crippen LogP contribution in [0.4, 0.5) is 18.9 Å². The molecule has 2 N–H and O–H groups in total. The van der Waals surface area contributed by atoms with Crippen LogP contribution in [0.25, 0.3) is 0 Å². The van der Waals surface area contributed by atoms with Crippen molar-refractivity contribution in [2.75, 3.05) is 11.9 Å². The topological polar surface area (TPSA) is 67.4 Å². The van der Waals surface area contributed by atoms with Gasteiger partial charge in [0.2, 0.25) is 11.8 Å². The smallest absolute Gasteiger partial charge is 0.416 e. The molecule has 1 aliphatic heterocycles. The molecular formula is C19H17F3N2O3. The van der Waals surface area contributed by atoms with E-state index in [0.29, 0.717) is 30.0 Å². The third kappa shape index (κ3) is 4.78. The number of hydrogen-bond acceptors (Lipinski definition) is 3. The number of alkyl halides is 3. The Morgan fingerprint density at radius 3 is 2.33 bits per heavy atom. The van der Waals surface area contributed by atoms with Crippen LogP contribution in [0.3, 0.4) is 0 Å². The molecule has 0 radical (unpaired) electrons. The number of amides is 2. The van der Waals surface area contributed by atoms with E-state index in [-0.39, 0.29) is 18.4 Å². The molecule has 2 aromatic rings. The summed E-state index contributed by atoms with van der Waals surface area (Å²) in [5.74, 6) is -0.806. The quantitative estimate of drug-likeness (QED) is 0.784. The molecule has 1 aliphatic rings. The van der Waals surface area contributed by atoms with Gasteiger partial charge in [-0.3, -0.25) is 9.59 Å². The van der Waals surface area contributed by atoms with Gasteiger partial charge in [-0.1, -0.05) is 12.1 Å². The van der Waals surface area contributed by atoms with Gasteiger partial charge in [0.05, 0.1) is 5.56 Å². The van der Waals surface area contributed by atoms with Gasteiger partial charge >= 0.3 is 6.18 Å². The summed E-state index contributed by atoms with van der Waals surface area (Å²) < 4.78 is 43.1. The fourth-order valence-electron chi connectivity index (χ4n) is 2.66. The number of carbonyl (C=O) groups excluding carboxylic acids is 2. The Labute approximate surface area is 153 Å². The van der Waals surface area contributed by atoms with Gasteiger partial charge in [-0.15, -0.1) is 0 Å². The summed E-state index contributed by atoms with van der Waals surface area (Å²) in [4.78, 5) is 23.5. The predicted octanol–water partition coefficient (Wildman–Crippen LogP) is 3.36. The first-order valence-corrected chi connectivity index (χ1v) is 8.30. The molecule has 1 heterocycles. The highest BCUT2D eigenvalue weighted by Gasteiger charge is 2.31. The van der Waals surface area contributed by atoms with Gasteiger partial charge < -0.3 is 15.4 Å². The molecule has 1 fully saturated rings. The average molecular weight is 378 g/mol. The van der Waals surface area contributed by atoms with Crippen molar-refractivity contribution >= 4 is 17.5 Å². The Kier molecular flexibility index (Phi) is 5.34. The first-order valence-electron chi connectivity index (χ1n) is 8.30. The minimum Gasteiger partial charge on any atom is -0.489 e. The predicted molar refractivity (Wildman–Crippen MR) is 92.0 cm³/mol. The lowest BCUT2D eigenvalue weighted by Gasteiger charge is -2.11. The van der Waals surface area contributed by atoms with Gasteiger partial charge in [0.15, 0.2) is 0 Å². The van der Waals surface area contributed by atoms with E-state index < -0.39 is 17.7 Å². The molecule has 3 rings (SSSR count). The highest BCUT2D eigenvalue weighted by Crippen LogP contribution is 2.29. The summed E-state index contributed by atoms with van der Waals surface area (Å²) in [6.07, 6.45) is -3.89. The van der Waals surface area contributed by atoms with Crippen LogP contribution in [-0.2, 0) is 22.4 Å². The van der Waals surface area contributed by atoms with Crippen molar-refractivity contribution in [1.82, 2.24) is 5.32 Å². The van der Waals surface area contributed by atoms with Crippen molar-refractivity contribution in [2.45, 2.75) is 19.2 Å². The van der Waals surface area contributed by atoms with E-state index in [9.17, 15) is 22.8 Å². The summed E-state index contributed by atoms with van der Waals surface area (Å²) >= 11 is 0. The maximum absolute atomic E-state index is 12.5. The van der Waals surface area contributed by atoms with E-state index in [4.69, 9.17) is 4.74 Å². The van der Waals surface area contributed by atoms with E-state index >= 15 is 0 Å². The van der Waals surface area contributed by atoms with Crippen molar-refractivity contribution in [3.8, 4) is 5.75 Å². The Hall–Kier alpha value is -3.03. The summed E-state index contributed by atoms with van der Waals surface area (Å²) in [5.41, 5.74) is 0.427. The summed E-state index contributed by atoms with van der Waals surface area (Å²) in [7, 11) is 0. The Balaban J connectivity index is 1.53. The van der Waals surface area contributed by atoms with Crippen LogP contribution >= 0.6 is 0 Å². The highest BCUT2D eigenvalue weighted by atomic mass is 19.4. The number of nitrogens with one attached hydrogen (secondary N) is 2. The van der Waals surface area contributed by atoms with Crippen molar-refractivity contribution in [3.05, 3.63) is 59.7 Å². The zero-order chi connectivity index (χ0) is 19.4. The van der Waals surface area contributed by atoms with Gasteiger partial charge in [0.1, 0.15) is 18.3 Å². The molecule has 1 unspecified atom stereocenters. The molecule has 1 saturated heterocycles. The van der Waals surface area contributed by atoms with Crippen molar-refractivity contribution in [3.63, 3.8) is 0 Å². The van der Waals surface area contributed by atoms with Crippen LogP contribution in [0, 0.1) is 5.92 Å². The Morgan fingerprint density at radius 1 is 1.11 bits per heavy atom. The second kappa shape index (κ2) is 7.69. The monoisotopic (exact) mass is 378 g/mol. The third-order valence-electron chi connectivity index (χ3n) is 4.17. The van der Waals surface area contributed by atoms with Crippen molar-refractivity contribution in [1.29, 1.82) is 0 Å². The van der Waals surface area contributed by atoms with Gasteiger partial charge in [0, 0.05) is 12.2 Å². The SMILES string of the molecule is O=C1NCCC1C(=O)Nc1ccc(OCc2ccc(C(F)(F)F)cc2)cc1. The normalized spacial score (nSPS) is 16.7. The standard InChI is InChI=1S/C19H17F3N2O3/c20-19(21,22)13-3-1-12(2-4-13)11-27-15-7-5-14(6-8-15)24-18(26)16-9-10-23-17(16)25/h1-8,16H,9-11H2,(H,23,25)(H,24,26). The second-order valence-electron chi connectivity index (χ2n) is 6.13. The molecule has 8 heteroatoms. The van der Waals surface area contributed by atoms with Gasteiger partial charge in [-0.05, 0) is 48.4 Å². The number of rotatable bonds is 5. The molecule has 0 aliphatic carbocycles. The molecule has 0 spiro atoms. The molecule has 142 valence electrons. The van der Waals surface area contributed by atoms with E-state index in [2.05, 4.69) is 10.6 Å². The fourth-order valence-corrected chi connectivity index (χ4v) is 2.66. The minimum absolute atomic E-state index is 0.117. The first kappa shape index (κ1) is 18.8. The van der Waals surface area contributed by atoms with Gasteiger partial charge in [-0.2, -0.15) is 13.2 Å². The number of benzene rings is 2. The highest BCUT2D eigenvalue weighted by molar-refractivity contribution is 6.07. The number of carbonyl (C=O) groups is 2. The van der Waals surface area contributed by atoms with Crippen LogP contribution in [0.2, 0.25) is 0 Å². The number of anilines is 1. The maximum Gasteiger partial charge on any atom is 0.416 e. The average Bonchev–Trinajstić information content (AvgIpc) is 3.07. The summed E-state index contributed by atoms with van der Waals surface area (Å²) in [5, 5.41) is 5.28. The second-order valence-corrected chi connectivity index (χ2v) is 6.13. The molecule has 0 aromatic heterocycles.